The lowest BCUT2D eigenvalue weighted by molar-refractivity contribution is -0.140. The van der Waals surface area contributed by atoms with Crippen LogP contribution in [0.5, 0.6) is 0 Å². The average molecular weight is 271 g/mol. The van der Waals surface area contributed by atoms with E-state index in [4.69, 9.17) is 4.84 Å². The Balaban J connectivity index is 2.21. The van der Waals surface area contributed by atoms with Crippen molar-refractivity contribution >= 4 is 29.1 Å². The van der Waals surface area contributed by atoms with E-state index in [9.17, 15) is 4.79 Å². The summed E-state index contributed by atoms with van der Waals surface area (Å²) in [6, 6.07) is 13.7. The summed E-state index contributed by atoms with van der Waals surface area (Å²) in [6.07, 6.45) is 3.77. The van der Waals surface area contributed by atoms with Gasteiger partial charge in [-0.2, -0.15) is 0 Å². The molecule has 0 bridgehead atoms. The summed E-state index contributed by atoms with van der Waals surface area (Å²) in [4.78, 5) is 16.5. The minimum atomic E-state index is -0.429. The summed E-state index contributed by atoms with van der Waals surface area (Å²) in [7, 11) is 0. The average Bonchev–Trinajstić information content (AvgIpc) is 2.93. The number of hydrogen-bond donors (Lipinski definition) is 0. The summed E-state index contributed by atoms with van der Waals surface area (Å²) in [5, 5.41) is 5.82. The van der Waals surface area contributed by atoms with E-state index in [1.807, 2.05) is 60.0 Å². The van der Waals surface area contributed by atoms with Gasteiger partial charge < -0.3 is 4.84 Å². The largest absolute Gasteiger partial charge is 0.332 e. The predicted octanol–water partition coefficient (Wildman–Crippen LogP) is 3.73. The fraction of sp³-hybridized carbons (Fsp3) is 0.0667. The van der Waals surface area contributed by atoms with Crippen LogP contribution < -0.4 is 0 Å². The van der Waals surface area contributed by atoms with Gasteiger partial charge in [-0.15, -0.1) is 11.3 Å². The zero-order chi connectivity index (χ0) is 13.5. The lowest BCUT2D eigenvalue weighted by Gasteiger charge is -1.97. The third kappa shape index (κ3) is 4.19. The van der Waals surface area contributed by atoms with E-state index in [-0.39, 0.29) is 0 Å². The fourth-order valence-electron chi connectivity index (χ4n) is 1.43. The topological polar surface area (TPSA) is 38.7 Å². The summed E-state index contributed by atoms with van der Waals surface area (Å²) < 4.78 is 0. The molecule has 0 aliphatic carbocycles. The monoisotopic (exact) mass is 271 g/mol. The van der Waals surface area contributed by atoms with Gasteiger partial charge in [0.05, 0.1) is 4.88 Å². The lowest BCUT2D eigenvalue weighted by Crippen LogP contribution is -1.98. The van der Waals surface area contributed by atoms with E-state index in [2.05, 4.69) is 5.16 Å². The van der Waals surface area contributed by atoms with Crippen molar-refractivity contribution in [3.8, 4) is 0 Å². The molecule has 0 amide bonds. The van der Waals surface area contributed by atoms with Crippen molar-refractivity contribution in [2.75, 3.05) is 0 Å². The van der Waals surface area contributed by atoms with E-state index >= 15 is 0 Å². The fourth-order valence-corrected chi connectivity index (χ4v) is 2.12. The minimum absolute atomic E-state index is 0.429. The molecule has 2 rings (SSSR count). The second kappa shape index (κ2) is 6.66. The van der Waals surface area contributed by atoms with E-state index in [1.165, 1.54) is 6.92 Å². The zero-order valence-corrected chi connectivity index (χ0v) is 11.3. The van der Waals surface area contributed by atoms with Crippen molar-refractivity contribution in [3.63, 3.8) is 0 Å². The molecule has 1 aromatic carbocycles. The number of benzene rings is 1. The van der Waals surface area contributed by atoms with Crippen LogP contribution in [0.3, 0.4) is 0 Å². The summed E-state index contributed by atoms with van der Waals surface area (Å²) in [5.74, 6) is -0.429. The molecule has 3 nitrogen and oxygen atoms in total. The Hall–Kier alpha value is -2.20. The molecule has 0 aliphatic heterocycles. The van der Waals surface area contributed by atoms with Crippen molar-refractivity contribution < 1.29 is 9.63 Å². The molecule has 0 unspecified atom stereocenters. The third-order valence-electron chi connectivity index (χ3n) is 2.28. The first-order chi connectivity index (χ1) is 9.25. The van der Waals surface area contributed by atoms with Gasteiger partial charge in [0.25, 0.3) is 0 Å². The van der Waals surface area contributed by atoms with Crippen molar-refractivity contribution in [3.05, 3.63) is 64.4 Å². The van der Waals surface area contributed by atoms with Gasteiger partial charge in [-0.25, -0.2) is 4.79 Å². The molecule has 1 aromatic heterocycles. The summed E-state index contributed by atoms with van der Waals surface area (Å²) >= 11 is 1.54. The normalized spacial score (nSPS) is 11.7. The number of oxime groups is 1. The molecule has 0 aliphatic rings. The molecule has 0 saturated heterocycles. The molecule has 96 valence electrons. The highest BCUT2D eigenvalue weighted by Crippen LogP contribution is 2.13. The smallest absolute Gasteiger partial charge is 0.318 e. The Morgan fingerprint density at radius 3 is 2.63 bits per heavy atom. The van der Waals surface area contributed by atoms with Crippen LogP contribution in [0.15, 0.2) is 59.1 Å². The van der Waals surface area contributed by atoms with Crippen LogP contribution in [0.25, 0.3) is 6.08 Å². The van der Waals surface area contributed by atoms with Gasteiger partial charge in [0, 0.05) is 6.92 Å². The van der Waals surface area contributed by atoms with Crippen LogP contribution in [-0.4, -0.2) is 11.7 Å². The number of thiophene rings is 1. The Bertz CT molecular complexity index is 586. The molecular weight excluding hydrogens is 258 g/mol. The predicted molar refractivity (Wildman–Crippen MR) is 78.1 cm³/mol. The summed E-state index contributed by atoms with van der Waals surface area (Å²) in [6.45, 7) is 1.33. The van der Waals surface area contributed by atoms with Gasteiger partial charge in [-0.1, -0.05) is 47.6 Å². The second-order valence-electron chi connectivity index (χ2n) is 3.78. The third-order valence-corrected chi connectivity index (χ3v) is 3.17. The highest BCUT2D eigenvalue weighted by Gasteiger charge is 2.02. The van der Waals surface area contributed by atoms with Gasteiger partial charge in [0.1, 0.15) is 5.71 Å². The molecular formula is C15H13NO2S. The molecule has 2 aromatic rings. The molecule has 19 heavy (non-hydrogen) atoms. The maximum Gasteiger partial charge on any atom is 0.332 e. The Labute approximate surface area is 115 Å². The van der Waals surface area contributed by atoms with Crippen LogP contribution in [0.1, 0.15) is 17.4 Å². The first kappa shape index (κ1) is 13.2. The van der Waals surface area contributed by atoms with Crippen molar-refractivity contribution in [1.82, 2.24) is 0 Å². The second-order valence-corrected chi connectivity index (χ2v) is 4.73. The van der Waals surface area contributed by atoms with Crippen LogP contribution in [0.2, 0.25) is 0 Å². The van der Waals surface area contributed by atoms with Gasteiger partial charge >= 0.3 is 5.97 Å². The van der Waals surface area contributed by atoms with Crippen LogP contribution in [0.4, 0.5) is 0 Å². The quantitative estimate of drug-likeness (QED) is 0.483. The van der Waals surface area contributed by atoms with Crippen LogP contribution >= 0.6 is 11.3 Å². The van der Waals surface area contributed by atoms with E-state index in [0.717, 1.165) is 10.4 Å². The first-order valence-corrected chi connectivity index (χ1v) is 6.66. The number of allylic oxidation sites excluding steroid dienone is 1. The molecule has 0 atom stereocenters. The summed E-state index contributed by atoms with van der Waals surface area (Å²) in [5.41, 5.74) is 1.70. The number of carbonyl (C=O) groups excluding carboxylic acids is 1. The zero-order valence-electron chi connectivity index (χ0n) is 10.4. The Kier molecular flexibility index (Phi) is 4.64. The maximum absolute atomic E-state index is 10.8. The van der Waals surface area contributed by atoms with E-state index < -0.39 is 5.97 Å². The van der Waals surface area contributed by atoms with Crippen LogP contribution in [0, 0.1) is 0 Å². The molecule has 0 spiro atoms. The minimum Gasteiger partial charge on any atom is -0.318 e. The van der Waals surface area contributed by atoms with Crippen molar-refractivity contribution in [1.29, 1.82) is 0 Å². The van der Waals surface area contributed by atoms with E-state index in [1.54, 1.807) is 11.3 Å². The van der Waals surface area contributed by atoms with Gasteiger partial charge in [0.15, 0.2) is 0 Å². The van der Waals surface area contributed by atoms with Gasteiger partial charge in [0.2, 0.25) is 0 Å². The number of rotatable bonds is 4. The maximum atomic E-state index is 10.8. The van der Waals surface area contributed by atoms with Crippen molar-refractivity contribution in [2.45, 2.75) is 6.92 Å². The Morgan fingerprint density at radius 2 is 2.00 bits per heavy atom. The number of nitrogens with zero attached hydrogens (tertiary/aromatic N) is 1. The molecule has 0 fully saturated rings. The van der Waals surface area contributed by atoms with E-state index in [0.29, 0.717) is 5.71 Å². The van der Waals surface area contributed by atoms with Crippen molar-refractivity contribution in [2.24, 2.45) is 5.16 Å². The first-order valence-electron chi connectivity index (χ1n) is 5.78. The standard InChI is InChI=1S/C15H13NO2S/c1-12(17)18-16-14(15-8-5-11-19-15)10-9-13-6-3-2-4-7-13/h2-11H,1H3/b10-9+,16-14+. The van der Waals surface area contributed by atoms with Gasteiger partial charge in [-0.3, -0.25) is 0 Å². The number of carbonyl (C=O) groups is 1. The highest BCUT2D eigenvalue weighted by molar-refractivity contribution is 7.12. The molecule has 0 saturated carbocycles. The molecule has 0 radical (unpaired) electrons. The Morgan fingerprint density at radius 1 is 1.21 bits per heavy atom. The lowest BCUT2D eigenvalue weighted by atomic mass is 10.2. The SMILES string of the molecule is CC(=O)O/N=C(\C=C\c1ccccc1)c1cccs1. The number of hydrogen-bond acceptors (Lipinski definition) is 4. The highest BCUT2D eigenvalue weighted by atomic mass is 32.1. The van der Waals surface area contributed by atoms with Crippen LogP contribution in [-0.2, 0) is 9.63 Å². The van der Waals surface area contributed by atoms with Gasteiger partial charge in [-0.05, 0) is 23.1 Å². The molecule has 4 heteroatoms. The molecule has 0 N–H and O–H groups in total. The molecule has 1 heterocycles.